The Hall–Kier alpha value is -2.13. The van der Waals surface area contributed by atoms with Crippen LogP contribution in [0.15, 0.2) is 43.0 Å². The van der Waals surface area contributed by atoms with E-state index >= 15 is 0 Å². The second-order valence-electron chi connectivity index (χ2n) is 5.61. The predicted molar refractivity (Wildman–Crippen MR) is 102 cm³/mol. The van der Waals surface area contributed by atoms with Crippen molar-refractivity contribution in [1.29, 1.82) is 0 Å². The summed E-state index contributed by atoms with van der Waals surface area (Å²) >= 11 is 6.37. The van der Waals surface area contributed by atoms with Crippen molar-refractivity contribution in [3.8, 4) is 11.5 Å². The number of nitrogens with one attached hydrogen (secondary N) is 1. The molecule has 0 aliphatic heterocycles. The van der Waals surface area contributed by atoms with Gasteiger partial charge in [0.25, 0.3) is 0 Å². The van der Waals surface area contributed by atoms with Gasteiger partial charge in [0.15, 0.2) is 11.5 Å². The minimum atomic E-state index is 0.389. The van der Waals surface area contributed by atoms with E-state index in [1.165, 1.54) is 11.1 Å². The molecule has 4 heteroatoms. The minimum Gasteiger partial charge on any atom is -0.490 e. The van der Waals surface area contributed by atoms with Gasteiger partial charge < -0.3 is 14.8 Å². The lowest BCUT2D eigenvalue weighted by atomic mass is 10.1. The van der Waals surface area contributed by atoms with Crippen molar-refractivity contribution in [2.24, 2.45) is 0 Å². The molecule has 0 aromatic heterocycles. The van der Waals surface area contributed by atoms with Crippen molar-refractivity contribution in [3.05, 3.63) is 64.7 Å². The zero-order valence-corrected chi connectivity index (χ0v) is 15.2. The third-order valence-corrected chi connectivity index (χ3v) is 3.86. The highest BCUT2D eigenvalue weighted by Crippen LogP contribution is 2.37. The largest absolute Gasteiger partial charge is 0.490 e. The van der Waals surface area contributed by atoms with Crippen LogP contribution in [0, 0.1) is 13.8 Å². The van der Waals surface area contributed by atoms with Crippen molar-refractivity contribution in [1.82, 2.24) is 0 Å². The van der Waals surface area contributed by atoms with E-state index in [0.717, 1.165) is 11.3 Å². The molecular weight excluding hydrogens is 322 g/mol. The summed E-state index contributed by atoms with van der Waals surface area (Å²) in [5.41, 5.74) is 4.62. The summed E-state index contributed by atoms with van der Waals surface area (Å²) in [6.45, 7) is 11.4. The Balaban J connectivity index is 2.19. The Bertz CT molecular complexity index is 713. The number of aryl methyl sites for hydroxylation is 2. The molecule has 0 saturated heterocycles. The van der Waals surface area contributed by atoms with Crippen LogP contribution in [0.2, 0.25) is 5.02 Å². The first kappa shape index (κ1) is 18.2. The maximum absolute atomic E-state index is 6.37. The first-order valence-corrected chi connectivity index (χ1v) is 8.43. The maximum atomic E-state index is 6.37. The van der Waals surface area contributed by atoms with Crippen LogP contribution in [0.1, 0.15) is 23.6 Å². The fraction of sp³-hybridized carbons (Fsp3) is 0.300. The third kappa shape index (κ3) is 4.68. The fourth-order valence-electron chi connectivity index (χ4n) is 2.48. The van der Waals surface area contributed by atoms with Gasteiger partial charge in [0.1, 0.15) is 6.61 Å². The minimum absolute atomic E-state index is 0.389. The topological polar surface area (TPSA) is 30.5 Å². The molecule has 2 aromatic rings. The first-order valence-electron chi connectivity index (χ1n) is 8.05. The Labute approximate surface area is 149 Å². The van der Waals surface area contributed by atoms with Gasteiger partial charge in [0.05, 0.1) is 11.6 Å². The maximum Gasteiger partial charge on any atom is 0.180 e. The second-order valence-corrected chi connectivity index (χ2v) is 6.02. The number of hydrogen-bond acceptors (Lipinski definition) is 3. The number of anilines is 1. The molecule has 1 N–H and O–H groups in total. The summed E-state index contributed by atoms with van der Waals surface area (Å²) in [4.78, 5) is 0. The van der Waals surface area contributed by atoms with Crippen LogP contribution < -0.4 is 14.8 Å². The fourth-order valence-corrected chi connectivity index (χ4v) is 2.77. The molecule has 0 aliphatic rings. The molecule has 0 fully saturated rings. The van der Waals surface area contributed by atoms with E-state index in [-0.39, 0.29) is 0 Å². The van der Waals surface area contributed by atoms with E-state index in [4.69, 9.17) is 21.1 Å². The van der Waals surface area contributed by atoms with Crippen molar-refractivity contribution < 1.29 is 9.47 Å². The Morgan fingerprint density at radius 1 is 1.17 bits per heavy atom. The van der Waals surface area contributed by atoms with Crippen molar-refractivity contribution in [3.63, 3.8) is 0 Å². The molecular formula is C20H24ClNO2. The van der Waals surface area contributed by atoms with E-state index in [2.05, 4.69) is 43.9 Å². The summed E-state index contributed by atoms with van der Waals surface area (Å²) < 4.78 is 11.3. The van der Waals surface area contributed by atoms with Crippen molar-refractivity contribution in [2.75, 3.05) is 18.5 Å². The van der Waals surface area contributed by atoms with Gasteiger partial charge in [-0.2, -0.15) is 0 Å². The summed E-state index contributed by atoms with van der Waals surface area (Å²) in [6.07, 6.45) is 1.68. The number of halogens is 1. The average Bonchev–Trinajstić information content (AvgIpc) is 2.53. The van der Waals surface area contributed by atoms with Crippen LogP contribution >= 0.6 is 11.6 Å². The molecule has 2 rings (SSSR count). The molecule has 0 spiro atoms. The molecule has 128 valence electrons. The normalized spacial score (nSPS) is 10.3. The third-order valence-electron chi connectivity index (χ3n) is 3.58. The van der Waals surface area contributed by atoms with E-state index in [0.29, 0.717) is 36.3 Å². The van der Waals surface area contributed by atoms with E-state index in [9.17, 15) is 0 Å². The number of ether oxygens (including phenoxy) is 2. The van der Waals surface area contributed by atoms with Crippen LogP contribution in [0.25, 0.3) is 0 Å². The first-order chi connectivity index (χ1) is 11.5. The number of benzene rings is 2. The van der Waals surface area contributed by atoms with Gasteiger partial charge in [0.2, 0.25) is 0 Å². The summed E-state index contributed by atoms with van der Waals surface area (Å²) in [6, 6.07) is 10.2. The highest BCUT2D eigenvalue weighted by Gasteiger charge is 2.12. The van der Waals surface area contributed by atoms with Gasteiger partial charge in [-0.1, -0.05) is 42.0 Å². The van der Waals surface area contributed by atoms with E-state index < -0.39 is 0 Å². The molecule has 0 atom stereocenters. The SMILES string of the molecule is C=CCOc1c(Cl)cc(CNc2ccc(C)cc2C)cc1OCC. The molecule has 0 aliphatic carbocycles. The van der Waals surface area contributed by atoms with Crippen molar-refractivity contribution in [2.45, 2.75) is 27.3 Å². The summed E-state index contributed by atoms with van der Waals surface area (Å²) in [7, 11) is 0. The standard InChI is InChI=1S/C20H24ClNO2/c1-5-9-24-20-17(21)11-16(12-19(20)23-6-2)13-22-18-8-7-14(3)10-15(18)4/h5,7-8,10-12,22H,1,6,9,13H2,2-4H3. The highest BCUT2D eigenvalue weighted by atomic mass is 35.5. The van der Waals surface area contributed by atoms with Crippen LogP contribution in [-0.2, 0) is 6.54 Å². The molecule has 0 bridgehead atoms. The van der Waals surface area contributed by atoms with Crippen molar-refractivity contribution >= 4 is 17.3 Å². The zero-order chi connectivity index (χ0) is 17.5. The molecule has 0 unspecified atom stereocenters. The molecule has 24 heavy (non-hydrogen) atoms. The smallest absolute Gasteiger partial charge is 0.180 e. The molecule has 0 saturated carbocycles. The molecule has 2 aromatic carbocycles. The van der Waals surface area contributed by atoms with Crippen LogP contribution in [0.5, 0.6) is 11.5 Å². The monoisotopic (exact) mass is 345 g/mol. The predicted octanol–water partition coefficient (Wildman–Crippen LogP) is 5.53. The lowest BCUT2D eigenvalue weighted by Crippen LogP contribution is -2.04. The lowest BCUT2D eigenvalue weighted by Gasteiger charge is -2.16. The average molecular weight is 346 g/mol. The summed E-state index contributed by atoms with van der Waals surface area (Å²) in [5, 5.41) is 3.99. The van der Waals surface area contributed by atoms with Gasteiger partial charge >= 0.3 is 0 Å². The van der Waals surface area contributed by atoms with Crippen LogP contribution in [0.4, 0.5) is 5.69 Å². The quantitative estimate of drug-likeness (QED) is 0.638. The second kappa shape index (κ2) is 8.65. The zero-order valence-electron chi connectivity index (χ0n) is 14.5. The molecule has 0 amide bonds. The molecule has 0 radical (unpaired) electrons. The highest BCUT2D eigenvalue weighted by molar-refractivity contribution is 6.32. The molecule has 3 nitrogen and oxygen atoms in total. The van der Waals surface area contributed by atoms with Gasteiger partial charge in [-0.15, -0.1) is 0 Å². The van der Waals surface area contributed by atoms with Gasteiger partial charge in [-0.25, -0.2) is 0 Å². The lowest BCUT2D eigenvalue weighted by molar-refractivity contribution is 0.297. The number of hydrogen-bond donors (Lipinski definition) is 1. The summed E-state index contributed by atoms with van der Waals surface area (Å²) in [5.74, 6) is 1.22. The Kier molecular flexibility index (Phi) is 6.56. The van der Waals surface area contributed by atoms with Crippen LogP contribution in [0.3, 0.4) is 0 Å². The van der Waals surface area contributed by atoms with Gasteiger partial charge in [-0.05, 0) is 50.1 Å². The van der Waals surface area contributed by atoms with Gasteiger partial charge in [0, 0.05) is 12.2 Å². The molecule has 0 heterocycles. The van der Waals surface area contributed by atoms with E-state index in [1.54, 1.807) is 6.08 Å². The Morgan fingerprint density at radius 3 is 2.62 bits per heavy atom. The number of rotatable bonds is 8. The van der Waals surface area contributed by atoms with E-state index in [1.807, 2.05) is 19.1 Å². The van der Waals surface area contributed by atoms with Crippen LogP contribution in [-0.4, -0.2) is 13.2 Å². The van der Waals surface area contributed by atoms with Gasteiger partial charge in [-0.3, -0.25) is 0 Å². The Morgan fingerprint density at radius 2 is 1.96 bits per heavy atom.